The van der Waals surface area contributed by atoms with Crippen LogP contribution >= 0.6 is 22.9 Å². The van der Waals surface area contributed by atoms with Crippen LogP contribution in [0.25, 0.3) is 21.3 Å². The summed E-state index contributed by atoms with van der Waals surface area (Å²) >= 11 is 7.98. The lowest BCUT2D eigenvalue weighted by molar-refractivity contribution is -0.160. The van der Waals surface area contributed by atoms with Gasteiger partial charge >= 0.3 is 5.97 Å². The minimum Gasteiger partial charge on any atom is -0.479 e. The number of anilines is 2. The first kappa shape index (κ1) is 31.7. The average Bonchev–Trinajstić information content (AvgIpc) is 3.41. The summed E-state index contributed by atoms with van der Waals surface area (Å²) in [5.41, 5.74) is 8.20. The minimum atomic E-state index is -1.13. The Bertz CT molecular complexity index is 1770. The fourth-order valence-corrected chi connectivity index (χ4v) is 7.81. The number of pyridine rings is 2. The second-order valence-corrected chi connectivity index (χ2v) is 15.6. The van der Waals surface area contributed by atoms with Crippen LogP contribution < -0.4 is 9.80 Å². The normalized spacial score (nSPS) is 17.4. The van der Waals surface area contributed by atoms with Crippen molar-refractivity contribution in [3.63, 3.8) is 0 Å². The summed E-state index contributed by atoms with van der Waals surface area (Å²) in [5, 5.41) is 12.0. The van der Waals surface area contributed by atoms with Crippen molar-refractivity contribution in [3.05, 3.63) is 63.7 Å². The van der Waals surface area contributed by atoms with Crippen LogP contribution in [0.15, 0.2) is 30.6 Å². The summed E-state index contributed by atoms with van der Waals surface area (Å²) in [6.07, 6.45) is 5.25. The lowest BCUT2D eigenvalue weighted by Crippen LogP contribution is -2.39. The molecule has 0 saturated carbocycles. The van der Waals surface area contributed by atoms with Crippen molar-refractivity contribution in [2.75, 3.05) is 29.4 Å². The maximum absolute atomic E-state index is 12.8. The van der Waals surface area contributed by atoms with Gasteiger partial charge in [0.1, 0.15) is 5.52 Å². The molecular weight excluding hydrogens is 606 g/mol. The first-order chi connectivity index (χ1) is 21.2. The Morgan fingerprint density at radius 1 is 1.04 bits per heavy atom. The molecule has 10 heteroatoms. The van der Waals surface area contributed by atoms with Crippen LogP contribution in [0.4, 0.5) is 10.8 Å². The molecule has 0 aliphatic carbocycles. The molecule has 0 unspecified atom stereocenters. The Kier molecular flexibility index (Phi) is 8.33. The molecule has 6 rings (SSSR count). The topological polar surface area (TPSA) is 91.7 Å². The van der Waals surface area contributed by atoms with Gasteiger partial charge in [-0.3, -0.25) is 9.97 Å². The highest BCUT2D eigenvalue weighted by Gasteiger charge is 2.36. The molecule has 1 fully saturated rings. The highest BCUT2D eigenvalue weighted by Crippen LogP contribution is 2.45. The van der Waals surface area contributed by atoms with Crippen LogP contribution in [-0.2, 0) is 22.5 Å². The Balaban J connectivity index is 1.42. The van der Waals surface area contributed by atoms with E-state index in [1.807, 2.05) is 40.8 Å². The first-order valence-corrected chi connectivity index (χ1v) is 16.8. The quantitative estimate of drug-likeness (QED) is 0.224. The van der Waals surface area contributed by atoms with Crippen molar-refractivity contribution in [2.24, 2.45) is 5.41 Å². The van der Waals surface area contributed by atoms with Crippen LogP contribution in [0.1, 0.15) is 81.6 Å². The van der Waals surface area contributed by atoms with E-state index in [2.05, 4.69) is 46.8 Å². The van der Waals surface area contributed by atoms with Gasteiger partial charge in [-0.25, -0.2) is 9.78 Å². The zero-order valence-electron chi connectivity index (χ0n) is 27.2. The van der Waals surface area contributed by atoms with Crippen molar-refractivity contribution >= 4 is 49.9 Å². The fraction of sp³-hybridized carbons (Fsp3) is 0.486. The standard InChI is InChI=1S/C35H42ClN5O3S/c1-20-27(23-8-9-24-19-41(13-10-22(24)16-23)33-39-29-25(36)17-37-18-26(29)45-33)30(40-14-11-35(6,7)12-15-40)28(21(2)38-20)31(32(42)43)44-34(3,4)5/h8-9,16-18,31H,10-15,19H2,1-7H3,(H,42,43)/t31-/m0/s1. The van der Waals surface area contributed by atoms with Gasteiger partial charge in [-0.15, -0.1) is 0 Å². The van der Waals surface area contributed by atoms with Crippen molar-refractivity contribution in [3.8, 4) is 11.1 Å². The third-order valence-electron chi connectivity index (χ3n) is 9.00. The van der Waals surface area contributed by atoms with E-state index in [-0.39, 0.29) is 5.41 Å². The van der Waals surface area contributed by atoms with Gasteiger partial charge in [-0.05, 0) is 76.0 Å². The average molecular weight is 648 g/mol. The number of benzene rings is 1. The molecule has 5 heterocycles. The molecule has 1 N–H and O–H groups in total. The van der Waals surface area contributed by atoms with E-state index >= 15 is 0 Å². The predicted molar refractivity (Wildman–Crippen MR) is 183 cm³/mol. The number of nitrogens with zero attached hydrogens (tertiary/aromatic N) is 5. The third kappa shape index (κ3) is 6.40. The van der Waals surface area contributed by atoms with Gasteiger partial charge in [0.15, 0.2) is 11.2 Å². The van der Waals surface area contributed by atoms with E-state index in [4.69, 9.17) is 26.3 Å². The van der Waals surface area contributed by atoms with Crippen LogP contribution in [-0.4, -0.2) is 51.3 Å². The van der Waals surface area contributed by atoms with Gasteiger partial charge in [0.05, 0.1) is 21.0 Å². The second-order valence-electron chi connectivity index (χ2n) is 14.1. The number of aryl methyl sites for hydroxylation is 2. The van der Waals surface area contributed by atoms with Crippen LogP contribution in [0.3, 0.4) is 0 Å². The molecule has 8 nitrogen and oxygen atoms in total. The molecular formula is C35H42ClN5O3S. The van der Waals surface area contributed by atoms with Gasteiger partial charge < -0.3 is 19.6 Å². The second kappa shape index (κ2) is 11.8. The number of aromatic nitrogens is 3. The van der Waals surface area contributed by atoms with Crippen molar-refractivity contribution < 1.29 is 14.6 Å². The highest BCUT2D eigenvalue weighted by molar-refractivity contribution is 7.22. The number of thiazole rings is 1. The van der Waals surface area contributed by atoms with Crippen LogP contribution in [0, 0.1) is 19.3 Å². The zero-order valence-corrected chi connectivity index (χ0v) is 28.8. The lowest BCUT2D eigenvalue weighted by Gasteiger charge is -2.41. The van der Waals surface area contributed by atoms with Crippen LogP contribution in [0.2, 0.25) is 5.02 Å². The van der Waals surface area contributed by atoms with E-state index < -0.39 is 17.7 Å². The molecule has 3 aromatic heterocycles. The Morgan fingerprint density at radius 2 is 1.78 bits per heavy atom. The molecule has 45 heavy (non-hydrogen) atoms. The monoisotopic (exact) mass is 647 g/mol. The molecule has 2 aliphatic heterocycles. The SMILES string of the molecule is Cc1nc(C)c([C@H](OC(C)(C)C)C(=O)O)c(N2CCC(C)(C)CC2)c1-c1ccc2c(c1)CCN(c1nc3c(Cl)cncc3s1)C2. The van der Waals surface area contributed by atoms with Gasteiger partial charge in [0.25, 0.3) is 0 Å². The number of carboxylic acids is 1. The zero-order chi connectivity index (χ0) is 32.3. The summed E-state index contributed by atoms with van der Waals surface area (Å²) < 4.78 is 7.24. The number of ether oxygens (including phenoxy) is 1. The Hall–Kier alpha value is -3.27. The first-order valence-electron chi connectivity index (χ1n) is 15.6. The fourth-order valence-electron chi connectivity index (χ4n) is 6.57. The smallest absolute Gasteiger partial charge is 0.337 e. The predicted octanol–water partition coefficient (Wildman–Crippen LogP) is 8.15. The number of carbonyl (C=O) groups is 1. The molecule has 0 bridgehead atoms. The number of halogens is 1. The molecule has 0 radical (unpaired) electrons. The molecule has 2 aliphatic rings. The summed E-state index contributed by atoms with van der Waals surface area (Å²) in [5.74, 6) is -0.999. The highest BCUT2D eigenvalue weighted by atomic mass is 35.5. The number of carboxylic acid groups (broad SMARTS) is 1. The van der Waals surface area contributed by atoms with Crippen molar-refractivity contribution in [1.29, 1.82) is 0 Å². The van der Waals surface area contributed by atoms with Gasteiger partial charge in [-0.2, -0.15) is 0 Å². The Labute approximate surface area is 274 Å². The maximum Gasteiger partial charge on any atom is 0.337 e. The van der Waals surface area contributed by atoms with Gasteiger partial charge in [-0.1, -0.05) is 55.0 Å². The molecule has 1 saturated heterocycles. The minimum absolute atomic E-state index is 0.241. The number of hydrogen-bond acceptors (Lipinski definition) is 8. The van der Waals surface area contributed by atoms with Gasteiger partial charge in [0.2, 0.25) is 0 Å². The van der Waals surface area contributed by atoms with Crippen molar-refractivity contribution in [2.45, 2.75) is 86.0 Å². The number of aliphatic carboxylic acids is 1. The number of piperidine rings is 1. The summed E-state index contributed by atoms with van der Waals surface area (Å²) in [6, 6.07) is 6.66. The molecule has 0 amide bonds. The van der Waals surface area contributed by atoms with E-state index in [1.165, 1.54) is 11.1 Å². The van der Waals surface area contributed by atoms with Crippen molar-refractivity contribution in [1.82, 2.24) is 15.0 Å². The largest absolute Gasteiger partial charge is 0.479 e. The summed E-state index contributed by atoms with van der Waals surface area (Å²) in [4.78, 5) is 31.5. The molecule has 1 atom stereocenters. The van der Waals surface area contributed by atoms with Gasteiger partial charge in [0, 0.05) is 61.1 Å². The maximum atomic E-state index is 12.8. The van der Waals surface area contributed by atoms with E-state index in [1.54, 1.807) is 17.5 Å². The third-order valence-corrected chi connectivity index (χ3v) is 10.3. The van der Waals surface area contributed by atoms with E-state index in [0.29, 0.717) is 16.3 Å². The van der Waals surface area contributed by atoms with E-state index in [0.717, 1.165) is 83.3 Å². The number of fused-ring (bicyclic) bond motifs is 2. The Morgan fingerprint density at radius 3 is 2.44 bits per heavy atom. The summed E-state index contributed by atoms with van der Waals surface area (Å²) in [6.45, 7) is 17.6. The summed E-state index contributed by atoms with van der Waals surface area (Å²) in [7, 11) is 0. The molecule has 238 valence electrons. The van der Waals surface area contributed by atoms with Crippen LogP contribution in [0.5, 0.6) is 0 Å². The number of rotatable bonds is 6. The lowest BCUT2D eigenvalue weighted by atomic mass is 9.81. The molecule has 4 aromatic rings. The number of hydrogen-bond donors (Lipinski definition) is 1. The van der Waals surface area contributed by atoms with E-state index in [9.17, 15) is 9.90 Å². The molecule has 1 aromatic carbocycles. The molecule has 0 spiro atoms.